The average molecular weight is 233 g/mol. The second-order valence-electron chi connectivity index (χ2n) is 3.54. The van der Waals surface area contributed by atoms with E-state index in [1.165, 1.54) is 0 Å². The van der Waals surface area contributed by atoms with Crippen molar-refractivity contribution in [2.24, 2.45) is 5.73 Å². The summed E-state index contributed by atoms with van der Waals surface area (Å²) in [7, 11) is 0. The molecule has 0 aromatic heterocycles. The number of amides is 1. The predicted octanol–water partition coefficient (Wildman–Crippen LogP) is 1.43. The van der Waals surface area contributed by atoms with Gasteiger partial charge < -0.3 is 10.5 Å². The molecule has 0 aliphatic rings. The third-order valence-electron chi connectivity index (χ3n) is 2.18. The molecule has 1 amide bonds. The van der Waals surface area contributed by atoms with Crippen LogP contribution in [0.5, 0.6) is 0 Å². The van der Waals surface area contributed by atoms with E-state index in [1.807, 2.05) is 19.1 Å². The minimum absolute atomic E-state index is 0.156. The Morgan fingerprint density at radius 3 is 2.35 bits per heavy atom. The maximum atomic E-state index is 11.3. The molecule has 4 heteroatoms. The summed E-state index contributed by atoms with van der Waals surface area (Å²) < 4.78 is 4.74. The number of nitrogens with two attached hydrogens (primary N) is 1. The summed E-state index contributed by atoms with van der Waals surface area (Å²) >= 11 is 0. The van der Waals surface area contributed by atoms with Crippen LogP contribution in [0.25, 0.3) is 5.57 Å². The van der Waals surface area contributed by atoms with E-state index in [4.69, 9.17) is 10.5 Å². The molecule has 0 atom stereocenters. The lowest BCUT2D eigenvalue weighted by Gasteiger charge is -2.04. The highest BCUT2D eigenvalue weighted by Gasteiger charge is 2.10. The Morgan fingerprint density at radius 2 is 1.88 bits per heavy atom. The van der Waals surface area contributed by atoms with Crippen molar-refractivity contribution in [2.45, 2.75) is 13.8 Å². The van der Waals surface area contributed by atoms with Gasteiger partial charge >= 0.3 is 5.97 Å². The zero-order valence-electron chi connectivity index (χ0n) is 9.90. The minimum atomic E-state index is -0.651. The van der Waals surface area contributed by atoms with E-state index in [-0.39, 0.29) is 12.2 Å². The number of hydrogen-bond acceptors (Lipinski definition) is 3. The number of carbonyl (C=O) groups is 2. The normalized spacial score (nSPS) is 11.1. The van der Waals surface area contributed by atoms with Crippen LogP contribution < -0.4 is 5.73 Å². The van der Waals surface area contributed by atoms with Crippen LogP contribution in [0.15, 0.2) is 30.3 Å². The van der Waals surface area contributed by atoms with E-state index < -0.39 is 11.9 Å². The molecule has 17 heavy (non-hydrogen) atoms. The van der Waals surface area contributed by atoms with Crippen LogP contribution in [0.4, 0.5) is 0 Å². The van der Waals surface area contributed by atoms with Gasteiger partial charge in [0.1, 0.15) is 0 Å². The lowest BCUT2D eigenvalue weighted by molar-refractivity contribution is -0.137. The molecule has 4 nitrogen and oxygen atoms in total. The lowest BCUT2D eigenvalue weighted by atomic mass is 10.0. The molecule has 1 aromatic carbocycles. The number of esters is 1. The van der Waals surface area contributed by atoms with Crippen LogP contribution in [0, 0.1) is 6.92 Å². The van der Waals surface area contributed by atoms with Crippen LogP contribution in [-0.2, 0) is 14.3 Å². The molecule has 0 bridgehead atoms. The Morgan fingerprint density at radius 1 is 1.29 bits per heavy atom. The fourth-order valence-corrected chi connectivity index (χ4v) is 1.33. The van der Waals surface area contributed by atoms with Gasteiger partial charge in [-0.25, -0.2) is 4.79 Å². The van der Waals surface area contributed by atoms with Crippen molar-refractivity contribution in [2.75, 3.05) is 6.61 Å². The summed E-state index contributed by atoms with van der Waals surface area (Å²) in [4.78, 5) is 22.6. The minimum Gasteiger partial charge on any atom is -0.463 e. The maximum absolute atomic E-state index is 11.3. The van der Waals surface area contributed by atoms with Crippen molar-refractivity contribution in [3.05, 3.63) is 41.5 Å². The number of benzene rings is 1. The van der Waals surface area contributed by atoms with Crippen molar-refractivity contribution in [1.29, 1.82) is 0 Å². The predicted molar refractivity (Wildman–Crippen MR) is 65.0 cm³/mol. The van der Waals surface area contributed by atoms with E-state index in [1.54, 1.807) is 19.1 Å². The first-order chi connectivity index (χ1) is 8.04. The van der Waals surface area contributed by atoms with Crippen LogP contribution in [0.2, 0.25) is 0 Å². The van der Waals surface area contributed by atoms with Gasteiger partial charge in [0.05, 0.1) is 12.2 Å². The summed E-state index contributed by atoms with van der Waals surface area (Å²) in [6.45, 7) is 3.89. The summed E-state index contributed by atoms with van der Waals surface area (Å²) in [5.74, 6) is -1.22. The molecule has 0 unspecified atom stereocenters. The second-order valence-corrected chi connectivity index (χ2v) is 3.54. The summed E-state index contributed by atoms with van der Waals surface area (Å²) in [5.41, 5.74) is 7.06. The van der Waals surface area contributed by atoms with Crippen molar-refractivity contribution in [3.63, 3.8) is 0 Å². The second kappa shape index (κ2) is 5.84. The molecule has 0 aliphatic heterocycles. The number of carbonyl (C=O) groups excluding carboxylic acids is 2. The van der Waals surface area contributed by atoms with Gasteiger partial charge in [0.2, 0.25) is 5.91 Å². The lowest BCUT2D eigenvalue weighted by Crippen LogP contribution is -2.15. The maximum Gasteiger partial charge on any atom is 0.331 e. The molecule has 0 saturated carbocycles. The van der Waals surface area contributed by atoms with Gasteiger partial charge in [0.15, 0.2) is 0 Å². The topological polar surface area (TPSA) is 69.4 Å². The Hall–Kier alpha value is -2.10. The Kier molecular flexibility index (Phi) is 4.46. The van der Waals surface area contributed by atoms with Gasteiger partial charge in [-0.2, -0.15) is 0 Å². The van der Waals surface area contributed by atoms with Crippen molar-refractivity contribution >= 4 is 17.4 Å². The highest BCUT2D eigenvalue weighted by molar-refractivity contribution is 6.22. The third-order valence-corrected chi connectivity index (χ3v) is 2.18. The van der Waals surface area contributed by atoms with Gasteiger partial charge in [-0.05, 0) is 19.4 Å². The number of primary amides is 1. The Balaban J connectivity index is 3.05. The molecule has 0 aliphatic carbocycles. The van der Waals surface area contributed by atoms with Gasteiger partial charge in [0.25, 0.3) is 0 Å². The fourth-order valence-electron chi connectivity index (χ4n) is 1.33. The first-order valence-corrected chi connectivity index (χ1v) is 5.30. The third kappa shape index (κ3) is 3.75. The SMILES string of the molecule is CCOC(=O)/C=C(\C(N)=O)c1ccc(C)cc1. The standard InChI is InChI=1S/C13H15NO3/c1-3-17-12(15)8-11(13(14)16)10-6-4-9(2)5-7-10/h4-8H,3H2,1-2H3,(H2,14,16)/b11-8-. The Labute approximate surface area is 100 Å². The molecule has 2 N–H and O–H groups in total. The van der Waals surface area contributed by atoms with Crippen molar-refractivity contribution in [3.8, 4) is 0 Å². The van der Waals surface area contributed by atoms with E-state index in [0.717, 1.165) is 11.6 Å². The first-order valence-electron chi connectivity index (χ1n) is 5.30. The van der Waals surface area contributed by atoms with Gasteiger partial charge in [0, 0.05) is 6.08 Å². The van der Waals surface area contributed by atoms with Gasteiger partial charge in [-0.15, -0.1) is 0 Å². The molecular weight excluding hydrogens is 218 g/mol. The van der Waals surface area contributed by atoms with Gasteiger partial charge in [-0.3, -0.25) is 4.79 Å². The van der Waals surface area contributed by atoms with Crippen LogP contribution >= 0.6 is 0 Å². The quantitative estimate of drug-likeness (QED) is 0.631. The molecule has 1 rings (SSSR count). The van der Waals surface area contributed by atoms with Crippen LogP contribution in [0.1, 0.15) is 18.1 Å². The van der Waals surface area contributed by atoms with Gasteiger partial charge in [-0.1, -0.05) is 29.8 Å². The molecule has 90 valence electrons. The number of aryl methyl sites for hydroxylation is 1. The van der Waals surface area contributed by atoms with Crippen LogP contribution in [-0.4, -0.2) is 18.5 Å². The zero-order chi connectivity index (χ0) is 12.8. The van der Waals surface area contributed by atoms with Crippen molar-refractivity contribution in [1.82, 2.24) is 0 Å². The summed E-state index contributed by atoms with van der Waals surface area (Å²) in [6, 6.07) is 7.17. The Bertz CT molecular complexity index is 446. The van der Waals surface area contributed by atoms with E-state index in [0.29, 0.717) is 5.56 Å². The molecule has 0 spiro atoms. The summed E-state index contributed by atoms with van der Waals surface area (Å²) in [5, 5.41) is 0. The number of hydrogen-bond donors (Lipinski definition) is 1. The highest BCUT2D eigenvalue weighted by atomic mass is 16.5. The van der Waals surface area contributed by atoms with E-state index >= 15 is 0 Å². The van der Waals surface area contributed by atoms with E-state index in [2.05, 4.69) is 0 Å². The first kappa shape index (κ1) is 13.0. The molecule has 0 saturated heterocycles. The zero-order valence-corrected chi connectivity index (χ0v) is 9.90. The van der Waals surface area contributed by atoms with Crippen LogP contribution in [0.3, 0.4) is 0 Å². The average Bonchev–Trinajstić information content (AvgIpc) is 2.27. The number of ether oxygens (including phenoxy) is 1. The fraction of sp³-hybridized carbons (Fsp3) is 0.231. The molecule has 1 aromatic rings. The molecule has 0 fully saturated rings. The largest absolute Gasteiger partial charge is 0.463 e. The molecule has 0 radical (unpaired) electrons. The summed E-state index contributed by atoms with van der Waals surface area (Å²) in [6.07, 6.45) is 1.12. The number of rotatable bonds is 4. The highest BCUT2D eigenvalue weighted by Crippen LogP contribution is 2.15. The van der Waals surface area contributed by atoms with Crippen molar-refractivity contribution < 1.29 is 14.3 Å². The molecular formula is C13H15NO3. The molecule has 0 heterocycles. The monoisotopic (exact) mass is 233 g/mol. The van der Waals surface area contributed by atoms with E-state index in [9.17, 15) is 9.59 Å². The smallest absolute Gasteiger partial charge is 0.331 e.